The predicted octanol–water partition coefficient (Wildman–Crippen LogP) is 3.19. The average molecular weight is 296 g/mol. The van der Waals surface area contributed by atoms with Crippen molar-refractivity contribution in [3.8, 4) is 0 Å². The number of piperidine rings is 1. The molecule has 20 heavy (non-hydrogen) atoms. The maximum Gasteiger partial charge on any atom is 0.255 e. The highest BCUT2D eigenvalue weighted by Gasteiger charge is 2.30. The van der Waals surface area contributed by atoms with Crippen LogP contribution in [0.4, 0.5) is 0 Å². The second kappa shape index (κ2) is 6.15. The number of hydrogen-bond acceptors (Lipinski definition) is 2. The third-order valence-corrected chi connectivity index (χ3v) is 4.63. The Kier molecular flexibility index (Phi) is 4.71. The Morgan fingerprint density at radius 1 is 1.35 bits per heavy atom. The van der Waals surface area contributed by atoms with Crippen LogP contribution in [-0.4, -0.2) is 35.1 Å². The first-order chi connectivity index (χ1) is 9.43. The first-order valence-corrected chi connectivity index (χ1v) is 7.50. The standard InChI is InChI=1S/C16H22ClNO2/c1-10-6-14(15(17)7-11(10)2)16(20)18-8-13(9-19)5-4-12(18)3/h6-7,12-13,19H,4-5,8-9H2,1-3H3. The molecule has 110 valence electrons. The number of halogens is 1. The Morgan fingerprint density at radius 2 is 2.00 bits per heavy atom. The highest BCUT2D eigenvalue weighted by Crippen LogP contribution is 2.27. The van der Waals surface area contributed by atoms with Gasteiger partial charge in [-0.3, -0.25) is 4.79 Å². The third kappa shape index (κ3) is 2.99. The van der Waals surface area contributed by atoms with E-state index in [0.717, 1.165) is 24.0 Å². The number of rotatable bonds is 2. The lowest BCUT2D eigenvalue weighted by atomic mass is 9.93. The molecule has 0 radical (unpaired) electrons. The van der Waals surface area contributed by atoms with E-state index < -0.39 is 0 Å². The van der Waals surface area contributed by atoms with Crippen LogP contribution >= 0.6 is 11.6 Å². The van der Waals surface area contributed by atoms with Crippen LogP contribution in [0.1, 0.15) is 41.3 Å². The van der Waals surface area contributed by atoms with Crippen molar-refractivity contribution in [2.45, 2.75) is 39.7 Å². The summed E-state index contributed by atoms with van der Waals surface area (Å²) in [6, 6.07) is 3.92. The number of aliphatic hydroxyl groups excluding tert-OH is 1. The fraction of sp³-hybridized carbons (Fsp3) is 0.562. The Labute approximate surface area is 125 Å². The molecule has 2 unspecified atom stereocenters. The number of aliphatic hydroxyl groups is 1. The summed E-state index contributed by atoms with van der Waals surface area (Å²) in [5, 5.41) is 9.83. The average Bonchev–Trinajstić information content (AvgIpc) is 2.42. The van der Waals surface area contributed by atoms with Crippen LogP contribution in [0.2, 0.25) is 5.02 Å². The normalized spacial score (nSPS) is 22.9. The maximum absolute atomic E-state index is 12.7. The topological polar surface area (TPSA) is 40.5 Å². The van der Waals surface area contributed by atoms with Crippen LogP contribution in [0.3, 0.4) is 0 Å². The summed E-state index contributed by atoms with van der Waals surface area (Å²) in [4.78, 5) is 14.6. The van der Waals surface area contributed by atoms with E-state index in [-0.39, 0.29) is 24.5 Å². The number of amides is 1. The van der Waals surface area contributed by atoms with Gasteiger partial charge in [-0.05, 0) is 62.8 Å². The minimum atomic E-state index is -0.0243. The van der Waals surface area contributed by atoms with Crippen molar-refractivity contribution < 1.29 is 9.90 Å². The van der Waals surface area contributed by atoms with E-state index in [9.17, 15) is 9.90 Å². The minimum Gasteiger partial charge on any atom is -0.396 e. The smallest absolute Gasteiger partial charge is 0.255 e. The number of nitrogens with zero attached hydrogens (tertiary/aromatic N) is 1. The number of aryl methyl sites for hydroxylation is 2. The lowest BCUT2D eigenvalue weighted by Crippen LogP contribution is -2.46. The van der Waals surface area contributed by atoms with Crippen molar-refractivity contribution in [2.24, 2.45) is 5.92 Å². The molecule has 0 aromatic heterocycles. The maximum atomic E-state index is 12.7. The van der Waals surface area contributed by atoms with E-state index in [4.69, 9.17) is 11.6 Å². The summed E-state index contributed by atoms with van der Waals surface area (Å²) in [5.74, 6) is 0.157. The number of likely N-dealkylation sites (tertiary alicyclic amines) is 1. The molecule has 1 N–H and O–H groups in total. The van der Waals surface area contributed by atoms with E-state index in [1.54, 1.807) is 0 Å². The Morgan fingerprint density at radius 3 is 2.65 bits per heavy atom. The van der Waals surface area contributed by atoms with Crippen molar-refractivity contribution in [1.82, 2.24) is 4.90 Å². The van der Waals surface area contributed by atoms with Gasteiger partial charge < -0.3 is 10.0 Å². The van der Waals surface area contributed by atoms with Crippen LogP contribution in [0.5, 0.6) is 0 Å². The van der Waals surface area contributed by atoms with Gasteiger partial charge in [-0.25, -0.2) is 0 Å². The zero-order chi connectivity index (χ0) is 14.9. The first kappa shape index (κ1) is 15.3. The lowest BCUT2D eigenvalue weighted by molar-refractivity contribution is 0.0489. The van der Waals surface area contributed by atoms with Gasteiger partial charge in [0.05, 0.1) is 10.6 Å². The van der Waals surface area contributed by atoms with Gasteiger partial charge in [0.25, 0.3) is 5.91 Å². The number of carbonyl (C=O) groups is 1. The summed E-state index contributed by atoms with van der Waals surface area (Å²) < 4.78 is 0. The second-order valence-corrected chi connectivity index (χ2v) is 6.26. The molecule has 4 heteroatoms. The Balaban J connectivity index is 2.28. The van der Waals surface area contributed by atoms with Crippen molar-refractivity contribution in [2.75, 3.05) is 13.2 Å². The number of benzene rings is 1. The highest BCUT2D eigenvalue weighted by atomic mass is 35.5. The van der Waals surface area contributed by atoms with Gasteiger partial charge in [-0.1, -0.05) is 11.6 Å². The molecule has 1 heterocycles. The van der Waals surface area contributed by atoms with Crippen LogP contribution in [-0.2, 0) is 0 Å². The van der Waals surface area contributed by atoms with Crippen LogP contribution in [0.25, 0.3) is 0 Å². The Bertz CT molecular complexity index is 515. The summed E-state index contributed by atoms with van der Waals surface area (Å²) in [5.41, 5.74) is 2.73. The number of carbonyl (C=O) groups excluding carboxylic acids is 1. The largest absolute Gasteiger partial charge is 0.396 e. The van der Waals surface area contributed by atoms with E-state index >= 15 is 0 Å². The second-order valence-electron chi connectivity index (χ2n) is 5.85. The summed E-state index contributed by atoms with van der Waals surface area (Å²) >= 11 is 6.24. The highest BCUT2D eigenvalue weighted by molar-refractivity contribution is 6.34. The third-order valence-electron chi connectivity index (χ3n) is 4.31. The lowest BCUT2D eigenvalue weighted by Gasteiger charge is -2.37. The van der Waals surface area contributed by atoms with E-state index in [1.807, 2.05) is 30.9 Å². The molecule has 0 bridgehead atoms. The van der Waals surface area contributed by atoms with Crippen molar-refractivity contribution in [3.05, 3.63) is 33.8 Å². The molecule has 1 amide bonds. The molecule has 0 spiro atoms. The van der Waals surface area contributed by atoms with Gasteiger partial charge in [0, 0.05) is 19.2 Å². The van der Waals surface area contributed by atoms with Gasteiger partial charge in [0.15, 0.2) is 0 Å². The van der Waals surface area contributed by atoms with Crippen molar-refractivity contribution in [3.63, 3.8) is 0 Å². The zero-order valence-corrected chi connectivity index (χ0v) is 13.1. The fourth-order valence-electron chi connectivity index (χ4n) is 2.71. The van der Waals surface area contributed by atoms with Gasteiger partial charge >= 0.3 is 0 Å². The van der Waals surface area contributed by atoms with Crippen LogP contribution < -0.4 is 0 Å². The molecule has 3 nitrogen and oxygen atoms in total. The summed E-state index contributed by atoms with van der Waals surface area (Å²) in [7, 11) is 0. The van der Waals surface area contributed by atoms with E-state index in [2.05, 4.69) is 6.92 Å². The van der Waals surface area contributed by atoms with Gasteiger partial charge in [-0.15, -0.1) is 0 Å². The molecule has 1 aromatic rings. The quantitative estimate of drug-likeness (QED) is 0.910. The number of hydrogen-bond donors (Lipinski definition) is 1. The Hall–Kier alpha value is -1.06. The van der Waals surface area contributed by atoms with Crippen molar-refractivity contribution >= 4 is 17.5 Å². The monoisotopic (exact) mass is 295 g/mol. The molecule has 0 aliphatic carbocycles. The molecular weight excluding hydrogens is 274 g/mol. The molecule has 2 atom stereocenters. The molecule has 0 saturated carbocycles. The molecule has 2 rings (SSSR count). The SMILES string of the molecule is Cc1cc(Cl)c(C(=O)N2CC(CO)CCC2C)cc1C. The molecule has 1 fully saturated rings. The fourth-order valence-corrected chi connectivity index (χ4v) is 3.01. The predicted molar refractivity (Wildman–Crippen MR) is 81.2 cm³/mol. The minimum absolute atomic E-state index is 0.0243. The molecule has 1 saturated heterocycles. The summed E-state index contributed by atoms with van der Waals surface area (Å²) in [6.07, 6.45) is 1.90. The van der Waals surface area contributed by atoms with Gasteiger partial charge in [0.1, 0.15) is 0 Å². The van der Waals surface area contributed by atoms with E-state index in [0.29, 0.717) is 17.1 Å². The summed E-state index contributed by atoms with van der Waals surface area (Å²) in [6.45, 7) is 6.77. The molecule has 1 aliphatic rings. The zero-order valence-electron chi connectivity index (χ0n) is 12.3. The first-order valence-electron chi connectivity index (χ1n) is 7.12. The van der Waals surface area contributed by atoms with Gasteiger partial charge in [-0.2, -0.15) is 0 Å². The van der Waals surface area contributed by atoms with Crippen LogP contribution in [0.15, 0.2) is 12.1 Å². The molecular formula is C16H22ClNO2. The van der Waals surface area contributed by atoms with Crippen LogP contribution in [0, 0.1) is 19.8 Å². The van der Waals surface area contributed by atoms with Gasteiger partial charge in [0.2, 0.25) is 0 Å². The van der Waals surface area contributed by atoms with Crippen molar-refractivity contribution in [1.29, 1.82) is 0 Å². The molecule has 1 aliphatic heterocycles. The molecule has 1 aromatic carbocycles. The van der Waals surface area contributed by atoms with E-state index in [1.165, 1.54) is 0 Å².